The lowest BCUT2D eigenvalue weighted by Gasteiger charge is -2.13. The maximum absolute atomic E-state index is 6.02. The van der Waals surface area contributed by atoms with Crippen LogP contribution in [0, 0.1) is 6.92 Å². The first-order valence-corrected chi connectivity index (χ1v) is 9.71. The number of nitrogens with one attached hydrogen (secondary N) is 2. The van der Waals surface area contributed by atoms with Crippen LogP contribution in [0.15, 0.2) is 29.5 Å². The zero-order chi connectivity index (χ0) is 19.5. The smallest absolute Gasteiger partial charge is 0.191 e. The summed E-state index contributed by atoms with van der Waals surface area (Å²) in [5, 5.41) is 10.7. The fraction of sp³-hybridized carbons (Fsp3) is 0.550. The van der Waals surface area contributed by atoms with E-state index in [2.05, 4.69) is 52.8 Å². The van der Waals surface area contributed by atoms with E-state index in [1.807, 2.05) is 14.0 Å². The van der Waals surface area contributed by atoms with Crippen molar-refractivity contribution in [3.05, 3.63) is 41.5 Å². The number of guanidine groups is 1. The summed E-state index contributed by atoms with van der Waals surface area (Å²) in [4.78, 5) is 8.93. The maximum atomic E-state index is 6.02. The van der Waals surface area contributed by atoms with Crippen LogP contribution in [0.3, 0.4) is 0 Å². The van der Waals surface area contributed by atoms with Crippen molar-refractivity contribution in [3.63, 3.8) is 0 Å². The molecule has 0 radical (unpaired) electrons. The van der Waals surface area contributed by atoms with Crippen LogP contribution in [-0.4, -0.2) is 33.9 Å². The summed E-state index contributed by atoms with van der Waals surface area (Å²) >= 11 is 0. The highest BCUT2D eigenvalue weighted by atomic mass is 127. The third kappa shape index (κ3) is 8.04. The van der Waals surface area contributed by atoms with Gasteiger partial charge in [-0.15, -0.1) is 24.0 Å². The fourth-order valence-corrected chi connectivity index (χ4v) is 2.61. The number of nitrogens with zero attached hydrogens (tertiary/aromatic N) is 4. The quantitative estimate of drug-likeness (QED) is 0.226. The van der Waals surface area contributed by atoms with Gasteiger partial charge < -0.3 is 15.4 Å². The highest BCUT2D eigenvalue weighted by Gasteiger charge is 2.06. The molecule has 156 valence electrons. The molecule has 2 N–H and O–H groups in total. The van der Waals surface area contributed by atoms with Crippen LogP contribution in [0.25, 0.3) is 0 Å². The van der Waals surface area contributed by atoms with Gasteiger partial charge in [-0.1, -0.05) is 31.9 Å². The Morgan fingerprint density at radius 1 is 1.21 bits per heavy atom. The van der Waals surface area contributed by atoms with Crippen molar-refractivity contribution in [1.82, 2.24) is 25.4 Å². The summed E-state index contributed by atoms with van der Waals surface area (Å²) in [6, 6.07) is 6.29. The standard InChI is InChI=1S/C20H32N6O.HI/c1-5-7-8-11-27-18-12-16(3)9-10-17(18)13-22-20(21-6-2)23-14-19-24-15-25-26(19)4;/h9-10,12,15H,5-8,11,13-14H2,1-4H3,(H2,21,22,23);1H. The normalized spacial score (nSPS) is 11.1. The molecule has 1 heterocycles. The fourth-order valence-electron chi connectivity index (χ4n) is 2.61. The summed E-state index contributed by atoms with van der Waals surface area (Å²) in [5.41, 5.74) is 2.29. The van der Waals surface area contributed by atoms with Crippen LogP contribution in [0.2, 0.25) is 0 Å². The summed E-state index contributed by atoms with van der Waals surface area (Å²) in [7, 11) is 1.88. The van der Waals surface area contributed by atoms with E-state index in [-0.39, 0.29) is 24.0 Å². The molecular weight excluding hydrogens is 467 g/mol. The molecule has 0 spiro atoms. The third-order valence-corrected chi connectivity index (χ3v) is 4.20. The van der Waals surface area contributed by atoms with Crippen molar-refractivity contribution >= 4 is 29.9 Å². The van der Waals surface area contributed by atoms with Crippen LogP contribution < -0.4 is 15.4 Å². The van der Waals surface area contributed by atoms with E-state index in [9.17, 15) is 0 Å². The minimum Gasteiger partial charge on any atom is -0.493 e. The van der Waals surface area contributed by atoms with Crippen LogP contribution >= 0.6 is 24.0 Å². The van der Waals surface area contributed by atoms with Crippen molar-refractivity contribution in [2.45, 2.75) is 53.1 Å². The largest absolute Gasteiger partial charge is 0.493 e. The first kappa shape index (κ1) is 24.2. The van der Waals surface area contributed by atoms with Gasteiger partial charge in [-0.05, 0) is 31.9 Å². The second-order valence-corrected chi connectivity index (χ2v) is 6.52. The number of benzene rings is 1. The summed E-state index contributed by atoms with van der Waals surface area (Å²) in [6.07, 6.45) is 5.01. The lowest BCUT2D eigenvalue weighted by atomic mass is 10.1. The van der Waals surface area contributed by atoms with Gasteiger partial charge in [0.2, 0.25) is 0 Å². The zero-order valence-corrected chi connectivity index (χ0v) is 19.7. The molecule has 1 aromatic carbocycles. The first-order chi connectivity index (χ1) is 13.1. The molecule has 28 heavy (non-hydrogen) atoms. The molecule has 0 unspecified atom stereocenters. The molecule has 0 saturated carbocycles. The average molecular weight is 500 g/mol. The van der Waals surface area contributed by atoms with Crippen molar-refractivity contribution < 1.29 is 4.74 Å². The lowest BCUT2D eigenvalue weighted by molar-refractivity contribution is 0.303. The topological polar surface area (TPSA) is 76.4 Å². The third-order valence-electron chi connectivity index (χ3n) is 4.20. The predicted molar refractivity (Wildman–Crippen MR) is 124 cm³/mol. The number of hydrogen-bond donors (Lipinski definition) is 2. The van der Waals surface area contributed by atoms with E-state index >= 15 is 0 Å². The van der Waals surface area contributed by atoms with Gasteiger partial charge in [0.05, 0.1) is 19.7 Å². The van der Waals surface area contributed by atoms with Crippen LogP contribution in [-0.2, 0) is 20.1 Å². The highest BCUT2D eigenvalue weighted by molar-refractivity contribution is 14.0. The number of rotatable bonds is 10. The van der Waals surface area contributed by atoms with Crippen molar-refractivity contribution in [2.24, 2.45) is 12.0 Å². The number of aryl methyl sites for hydroxylation is 2. The molecule has 0 aliphatic heterocycles. The van der Waals surface area contributed by atoms with Gasteiger partial charge in [0.15, 0.2) is 5.96 Å². The second-order valence-electron chi connectivity index (χ2n) is 6.52. The number of aliphatic imine (C=N–C) groups is 1. The average Bonchev–Trinajstić information content (AvgIpc) is 3.07. The van der Waals surface area contributed by atoms with E-state index in [0.29, 0.717) is 13.1 Å². The first-order valence-electron chi connectivity index (χ1n) is 9.71. The molecule has 0 atom stereocenters. The molecule has 0 aliphatic rings. The van der Waals surface area contributed by atoms with Crippen molar-refractivity contribution in [3.8, 4) is 5.75 Å². The Labute approximate surface area is 185 Å². The van der Waals surface area contributed by atoms with Crippen LogP contribution in [0.1, 0.15) is 50.1 Å². The number of aromatic nitrogens is 3. The van der Waals surface area contributed by atoms with Crippen molar-refractivity contribution in [2.75, 3.05) is 13.2 Å². The molecule has 7 nitrogen and oxygen atoms in total. The number of ether oxygens (including phenoxy) is 1. The molecule has 0 bridgehead atoms. The number of halogens is 1. The molecule has 0 aliphatic carbocycles. The minimum absolute atomic E-state index is 0. The van der Waals surface area contributed by atoms with Crippen molar-refractivity contribution in [1.29, 1.82) is 0 Å². The number of hydrogen-bond acceptors (Lipinski definition) is 4. The SMILES string of the molecule is CCCCCOc1cc(C)ccc1CN=C(NCC)NCc1ncnn1C.I. The highest BCUT2D eigenvalue weighted by Crippen LogP contribution is 2.21. The van der Waals surface area contributed by atoms with Gasteiger partial charge in [0.1, 0.15) is 17.9 Å². The molecular formula is C20H33IN6O. The summed E-state index contributed by atoms with van der Waals surface area (Å²) < 4.78 is 7.76. The van der Waals surface area contributed by atoms with E-state index in [1.165, 1.54) is 18.4 Å². The lowest BCUT2D eigenvalue weighted by Crippen LogP contribution is -2.37. The molecule has 1 aromatic heterocycles. The Morgan fingerprint density at radius 2 is 2.04 bits per heavy atom. The van der Waals surface area contributed by atoms with E-state index in [1.54, 1.807) is 11.0 Å². The molecule has 0 amide bonds. The Morgan fingerprint density at radius 3 is 2.71 bits per heavy atom. The van der Waals surface area contributed by atoms with E-state index < -0.39 is 0 Å². The summed E-state index contributed by atoms with van der Waals surface area (Å²) in [6.45, 7) is 8.99. The molecule has 8 heteroatoms. The number of unbranched alkanes of at least 4 members (excludes halogenated alkanes) is 2. The van der Waals surface area contributed by atoms with Gasteiger partial charge >= 0.3 is 0 Å². The molecule has 0 fully saturated rings. The monoisotopic (exact) mass is 500 g/mol. The maximum Gasteiger partial charge on any atom is 0.191 e. The van der Waals surface area contributed by atoms with Gasteiger partial charge in [-0.25, -0.2) is 9.98 Å². The van der Waals surface area contributed by atoms with Crippen LogP contribution in [0.4, 0.5) is 0 Å². The Balaban J connectivity index is 0.00000392. The molecule has 2 aromatic rings. The zero-order valence-electron chi connectivity index (χ0n) is 17.4. The Bertz CT molecular complexity index is 731. The van der Waals surface area contributed by atoms with E-state index in [4.69, 9.17) is 9.73 Å². The Kier molecular flexibility index (Phi) is 11.5. The summed E-state index contributed by atoms with van der Waals surface area (Å²) in [5.74, 6) is 2.54. The Hall–Kier alpha value is -1.84. The van der Waals surface area contributed by atoms with Gasteiger partial charge in [-0.2, -0.15) is 5.10 Å². The predicted octanol–water partition coefficient (Wildman–Crippen LogP) is 3.57. The van der Waals surface area contributed by atoms with E-state index in [0.717, 1.165) is 42.7 Å². The second kappa shape index (κ2) is 13.4. The van der Waals surface area contributed by atoms with Gasteiger partial charge in [-0.3, -0.25) is 4.68 Å². The molecule has 0 saturated heterocycles. The molecule has 2 rings (SSSR count). The van der Waals surface area contributed by atoms with Crippen LogP contribution in [0.5, 0.6) is 5.75 Å². The van der Waals surface area contributed by atoms with Gasteiger partial charge in [0.25, 0.3) is 0 Å². The van der Waals surface area contributed by atoms with Gasteiger partial charge in [0, 0.05) is 19.2 Å². The minimum atomic E-state index is 0.